The molecule has 20 heavy (non-hydrogen) atoms. The number of hydrogen-bond acceptors (Lipinski definition) is 4. The summed E-state index contributed by atoms with van der Waals surface area (Å²) in [6, 6.07) is 7.90. The third kappa shape index (κ3) is 2.46. The molecule has 0 unspecified atom stereocenters. The monoisotopic (exact) mass is 271 g/mol. The Balaban J connectivity index is 1.98. The normalized spacial score (nSPS) is 14.3. The van der Waals surface area contributed by atoms with Crippen LogP contribution < -0.4 is 0 Å². The molecule has 1 fully saturated rings. The molecule has 1 aromatic carbocycles. The molecular weight excluding hydrogens is 254 g/mol. The summed E-state index contributed by atoms with van der Waals surface area (Å²) in [5.41, 5.74) is 2.81. The van der Waals surface area contributed by atoms with Crippen LogP contribution in [0.15, 0.2) is 28.7 Å². The fraction of sp³-hybridized carbons (Fsp3) is 0.375. The predicted molar refractivity (Wildman–Crippen MR) is 74.6 cm³/mol. The molecule has 0 amide bonds. The van der Waals surface area contributed by atoms with Crippen molar-refractivity contribution in [3.8, 4) is 11.5 Å². The van der Waals surface area contributed by atoms with Gasteiger partial charge in [-0.1, -0.05) is 17.7 Å². The quantitative estimate of drug-likeness (QED) is 0.795. The average Bonchev–Trinajstić information content (AvgIpc) is 3.19. The van der Waals surface area contributed by atoms with Crippen LogP contribution in [0.5, 0.6) is 0 Å². The first-order valence-electron chi connectivity index (χ1n) is 6.94. The van der Waals surface area contributed by atoms with Gasteiger partial charge in [0.1, 0.15) is 0 Å². The van der Waals surface area contributed by atoms with E-state index in [-0.39, 0.29) is 5.76 Å². The third-order valence-corrected chi connectivity index (χ3v) is 3.38. The third-order valence-electron chi connectivity index (χ3n) is 3.38. The molecule has 1 aliphatic rings. The van der Waals surface area contributed by atoms with Crippen LogP contribution in [0.3, 0.4) is 0 Å². The van der Waals surface area contributed by atoms with Gasteiger partial charge in [0.05, 0.1) is 12.3 Å². The number of nitrogens with zero attached hydrogens (tertiary/aromatic N) is 1. The van der Waals surface area contributed by atoms with E-state index in [9.17, 15) is 4.79 Å². The molecule has 1 aromatic heterocycles. The maximum absolute atomic E-state index is 11.9. The zero-order chi connectivity index (χ0) is 14.1. The SMILES string of the molecule is CCOC(=O)c1oc(-c2ccc(C)cc2)nc1C1CC1. The standard InChI is InChI=1S/C16H17NO3/c1-3-19-16(18)14-13(11-8-9-11)17-15(20-14)12-6-4-10(2)5-7-12/h4-7,11H,3,8-9H2,1-2H3. The summed E-state index contributed by atoms with van der Waals surface area (Å²) in [6.45, 7) is 4.15. The van der Waals surface area contributed by atoms with Crippen LogP contribution in [0.2, 0.25) is 0 Å². The van der Waals surface area contributed by atoms with E-state index in [1.165, 1.54) is 5.56 Å². The second-order valence-corrected chi connectivity index (χ2v) is 5.09. The number of benzene rings is 1. The molecule has 0 N–H and O–H groups in total. The lowest BCUT2D eigenvalue weighted by Crippen LogP contribution is -2.05. The van der Waals surface area contributed by atoms with Crippen LogP contribution in [0.4, 0.5) is 0 Å². The van der Waals surface area contributed by atoms with E-state index in [4.69, 9.17) is 9.15 Å². The highest BCUT2D eigenvalue weighted by Gasteiger charge is 2.34. The fourth-order valence-corrected chi connectivity index (χ4v) is 2.13. The number of carbonyl (C=O) groups is 1. The van der Waals surface area contributed by atoms with Crippen molar-refractivity contribution in [2.75, 3.05) is 6.61 Å². The maximum Gasteiger partial charge on any atom is 0.376 e. The van der Waals surface area contributed by atoms with Crippen LogP contribution >= 0.6 is 0 Å². The minimum absolute atomic E-state index is 0.268. The highest BCUT2D eigenvalue weighted by atomic mass is 16.5. The zero-order valence-corrected chi connectivity index (χ0v) is 11.7. The van der Waals surface area contributed by atoms with Gasteiger partial charge in [-0.25, -0.2) is 9.78 Å². The average molecular weight is 271 g/mol. The molecule has 1 heterocycles. The van der Waals surface area contributed by atoms with Crippen molar-refractivity contribution in [2.24, 2.45) is 0 Å². The minimum atomic E-state index is -0.416. The van der Waals surface area contributed by atoms with E-state index >= 15 is 0 Å². The lowest BCUT2D eigenvalue weighted by atomic mass is 10.1. The van der Waals surface area contributed by atoms with Crippen molar-refractivity contribution in [3.63, 3.8) is 0 Å². The maximum atomic E-state index is 11.9. The van der Waals surface area contributed by atoms with E-state index in [2.05, 4.69) is 4.98 Å². The highest BCUT2D eigenvalue weighted by molar-refractivity contribution is 5.88. The summed E-state index contributed by atoms with van der Waals surface area (Å²) < 4.78 is 10.7. The zero-order valence-electron chi connectivity index (χ0n) is 11.7. The van der Waals surface area contributed by atoms with Crippen molar-refractivity contribution in [2.45, 2.75) is 32.6 Å². The topological polar surface area (TPSA) is 52.3 Å². The number of carbonyl (C=O) groups excluding carboxylic acids is 1. The van der Waals surface area contributed by atoms with Gasteiger partial charge in [-0.15, -0.1) is 0 Å². The van der Waals surface area contributed by atoms with Gasteiger partial charge in [-0.05, 0) is 38.8 Å². The molecule has 2 aromatic rings. The summed E-state index contributed by atoms with van der Waals surface area (Å²) in [5, 5.41) is 0. The lowest BCUT2D eigenvalue weighted by molar-refractivity contribution is 0.0489. The number of esters is 1. The highest BCUT2D eigenvalue weighted by Crippen LogP contribution is 2.42. The summed E-state index contributed by atoms with van der Waals surface area (Å²) in [7, 11) is 0. The molecule has 0 atom stereocenters. The Morgan fingerprint density at radius 3 is 2.65 bits per heavy atom. The fourth-order valence-electron chi connectivity index (χ4n) is 2.13. The lowest BCUT2D eigenvalue weighted by Gasteiger charge is -1.99. The van der Waals surface area contributed by atoms with Gasteiger partial charge < -0.3 is 9.15 Å². The summed E-state index contributed by atoms with van der Waals surface area (Å²) in [6.07, 6.45) is 2.12. The molecule has 1 aliphatic carbocycles. The molecule has 0 saturated heterocycles. The first-order chi connectivity index (χ1) is 9.69. The summed E-state index contributed by atoms with van der Waals surface area (Å²) in [4.78, 5) is 16.4. The number of aromatic nitrogens is 1. The van der Waals surface area contributed by atoms with E-state index in [1.807, 2.05) is 31.2 Å². The van der Waals surface area contributed by atoms with Crippen molar-refractivity contribution in [1.29, 1.82) is 0 Å². The number of ether oxygens (including phenoxy) is 1. The molecule has 104 valence electrons. The first-order valence-corrected chi connectivity index (χ1v) is 6.94. The number of oxazole rings is 1. The van der Waals surface area contributed by atoms with Gasteiger partial charge in [-0.2, -0.15) is 0 Å². The predicted octanol–water partition coefficient (Wildman–Crippen LogP) is 3.70. The first kappa shape index (κ1) is 12.9. The molecule has 1 saturated carbocycles. The molecule has 4 heteroatoms. The number of aryl methyl sites for hydroxylation is 1. The Morgan fingerprint density at radius 1 is 1.35 bits per heavy atom. The van der Waals surface area contributed by atoms with E-state index in [0.717, 1.165) is 24.1 Å². The van der Waals surface area contributed by atoms with Gasteiger partial charge in [0.15, 0.2) is 0 Å². The summed E-state index contributed by atoms with van der Waals surface area (Å²) in [5.74, 6) is 0.692. The molecule has 0 radical (unpaired) electrons. The molecule has 0 aliphatic heterocycles. The summed E-state index contributed by atoms with van der Waals surface area (Å²) >= 11 is 0. The van der Waals surface area contributed by atoms with Gasteiger partial charge in [0.25, 0.3) is 0 Å². The van der Waals surface area contributed by atoms with E-state index < -0.39 is 5.97 Å². The van der Waals surface area contributed by atoms with Crippen molar-refractivity contribution < 1.29 is 13.9 Å². The Bertz CT molecular complexity index is 624. The number of rotatable bonds is 4. The molecule has 0 bridgehead atoms. The molecule has 3 rings (SSSR count). The second kappa shape index (κ2) is 5.12. The second-order valence-electron chi connectivity index (χ2n) is 5.09. The van der Waals surface area contributed by atoms with Crippen LogP contribution in [0.1, 0.15) is 47.5 Å². The van der Waals surface area contributed by atoms with Crippen LogP contribution in [0.25, 0.3) is 11.5 Å². The molecule has 4 nitrogen and oxygen atoms in total. The van der Waals surface area contributed by atoms with E-state index in [0.29, 0.717) is 18.4 Å². The largest absolute Gasteiger partial charge is 0.460 e. The van der Waals surface area contributed by atoms with Gasteiger partial charge in [0.2, 0.25) is 11.7 Å². The van der Waals surface area contributed by atoms with Crippen LogP contribution in [0, 0.1) is 6.92 Å². The Labute approximate surface area is 117 Å². The molecular formula is C16H17NO3. The Hall–Kier alpha value is -2.10. The van der Waals surface area contributed by atoms with Crippen molar-refractivity contribution in [3.05, 3.63) is 41.3 Å². The number of hydrogen-bond donors (Lipinski definition) is 0. The van der Waals surface area contributed by atoms with Gasteiger partial charge >= 0.3 is 5.97 Å². The Morgan fingerprint density at radius 2 is 2.05 bits per heavy atom. The van der Waals surface area contributed by atoms with Crippen molar-refractivity contribution in [1.82, 2.24) is 4.98 Å². The van der Waals surface area contributed by atoms with Crippen LogP contribution in [-0.4, -0.2) is 17.6 Å². The van der Waals surface area contributed by atoms with Gasteiger partial charge in [0, 0.05) is 11.5 Å². The Kier molecular flexibility index (Phi) is 3.30. The van der Waals surface area contributed by atoms with Gasteiger partial charge in [-0.3, -0.25) is 0 Å². The molecule has 0 spiro atoms. The minimum Gasteiger partial charge on any atom is -0.460 e. The van der Waals surface area contributed by atoms with Crippen molar-refractivity contribution >= 4 is 5.97 Å². The van der Waals surface area contributed by atoms with Crippen LogP contribution in [-0.2, 0) is 4.74 Å². The smallest absolute Gasteiger partial charge is 0.376 e. The van der Waals surface area contributed by atoms with E-state index in [1.54, 1.807) is 6.92 Å².